The zero-order valence-electron chi connectivity index (χ0n) is 17.8. The number of carbonyl (C=O) groups is 2. The number of hydrogen-bond acceptors (Lipinski definition) is 5. The van der Waals surface area contributed by atoms with Crippen molar-refractivity contribution in [2.24, 2.45) is 5.73 Å². The van der Waals surface area contributed by atoms with Gasteiger partial charge in [0.1, 0.15) is 5.37 Å². The molecular formula is C25H24N2O4S2. The molecule has 8 heteroatoms. The first-order valence-corrected chi connectivity index (χ1v) is 13.0. The molecule has 3 aromatic rings. The molecule has 0 radical (unpaired) electrons. The smallest absolute Gasteiger partial charge is 0.244 e. The Hall–Kier alpha value is -2.94. The lowest BCUT2D eigenvalue weighted by Gasteiger charge is -2.24. The summed E-state index contributed by atoms with van der Waals surface area (Å²) in [6, 6.07) is 25.2. The Balaban J connectivity index is 1.54. The number of hydrogen-bond donors (Lipinski definition) is 1. The molecule has 1 aliphatic heterocycles. The van der Waals surface area contributed by atoms with Crippen molar-refractivity contribution in [2.45, 2.75) is 22.6 Å². The number of carbonyl (C=O) groups excluding carboxylic acids is 2. The highest BCUT2D eigenvalue weighted by atomic mass is 32.2. The number of benzene rings is 3. The number of thioether (sulfide) groups is 1. The molecule has 33 heavy (non-hydrogen) atoms. The van der Waals surface area contributed by atoms with Gasteiger partial charge in [-0.1, -0.05) is 72.8 Å². The van der Waals surface area contributed by atoms with Crippen LogP contribution in [0.3, 0.4) is 0 Å². The fourth-order valence-corrected chi connectivity index (χ4v) is 7.08. The molecule has 1 saturated heterocycles. The van der Waals surface area contributed by atoms with Crippen molar-refractivity contribution in [1.82, 2.24) is 4.31 Å². The third-order valence-electron chi connectivity index (χ3n) is 5.64. The van der Waals surface area contributed by atoms with Crippen LogP contribution in [-0.4, -0.2) is 42.1 Å². The van der Waals surface area contributed by atoms with Crippen LogP contribution in [0.1, 0.15) is 17.9 Å². The molecule has 4 rings (SSSR count). The summed E-state index contributed by atoms with van der Waals surface area (Å²) in [5.74, 6) is -1.22. The minimum Gasteiger partial charge on any atom is -0.369 e. The van der Waals surface area contributed by atoms with Crippen LogP contribution in [0.4, 0.5) is 0 Å². The molecule has 0 aromatic heterocycles. The van der Waals surface area contributed by atoms with Gasteiger partial charge in [-0.05, 0) is 28.8 Å². The second kappa shape index (κ2) is 9.91. The summed E-state index contributed by atoms with van der Waals surface area (Å²) in [5, 5.41) is -0.880. The maximum Gasteiger partial charge on any atom is 0.244 e. The van der Waals surface area contributed by atoms with Gasteiger partial charge in [-0.15, -0.1) is 11.8 Å². The largest absolute Gasteiger partial charge is 0.369 e. The lowest BCUT2D eigenvalue weighted by Crippen LogP contribution is -2.40. The predicted molar refractivity (Wildman–Crippen MR) is 130 cm³/mol. The summed E-state index contributed by atoms with van der Waals surface area (Å²) in [6.45, 7) is 0.233. The van der Waals surface area contributed by atoms with E-state index in [0.29, 0.717) is 11.3 Å². The molecule has 0 bridgehead atoms. The summed E-state index contributed by atoms with van der Waals surface area (Å²) < 4.78 is 27.9. The van der Waals surface area contributed by atoms with Crippen LogP contribution in [0.15, 0.2) is 89.8 Å². The molecule has 2 unspecified atom stereocenters. The molecule has 2 N–H and O–H groups in total. The van der Waals surface area contributed by atoms with Gasteiger partial charge < -0.3 is 5.73 Å². The number of rotatable bonds is 8. The second-order valence-electron chi connectivity index (χ2n) is 7.77. The SMILES string of the molecule is NC(=O)C(CC(=O)C1SCCN1S(=O)(=O)c1ccc(-c2ccccc2)cc1)c1ccccc1. The van der Waals surface area contributed by atoms with Crippen LogP contribution in [0.25, 0.3) is 11.1 Å². The first-order chi connectivity index (χ1) is 15.9. The van der Waals surface area contributed by atoms with Gasteiger partial charge in [0, 0.05) is 18.7 Å². The number of nitrogens with two attached hydrogens (primary N) is 1. The maximum absolute atomic E-state index is 13.4. The van der Waals surface area contributed by atoms with E-state index in [1.807, 2.05) is 36.4 Å². The summed E-state index contributed by atoms with van der Waals surface area (Å²) in [7, 11) is -3.88. The van der Waals surface area contributed by atoms with E-state index in [0.717, 1.165) is 11.1 Å². The Morgan fingerprint density at radius 3 is 2.09 bits per heavy atom. The van der Waals surface area contributed by atoms with E-state index >= 15 is 0 Å². The number of sulfonamides is 1. The Morgan fingerprint density at radius 2 is 1.48 bits per heavy atom. The van der Waals surface area contributed by atoms with Gasteiger partial charge in [0.2, 0.25) is 15.9 Å². The first-order valence-electron chi connectivity index (χ1n) is 10.5. The molecule has 2 atom stereocenters. The molecule has 1 aliphatic rings. The Morgan fingerprint density at radius 1 is 0.909 bits per heavy atom. The van der Waals surface area contributed by atoms with Gasteiger partial charge in [0.25, 0.3) is 0 Å². The second-order valence-corrected chi connectivity index (χ2v) is 10.8. The van der Waals surface area contributed by atoms with Crippen LogP contribution in [-0.2, 0) is 19.6 Å². The molecule has 1 fully saturated rings. The molecule has 170 valence electrons. The van der Waals surface area contributed by atoms with E-state index < -0.39 is 27.2 Å². The van der Waals surface area contributed by atoms with Crippen molar-refractivity contribution >= 4 is 33.5 Å². The van der Waals surface area contributed by atoms with E-state index in [-0.39, 0.29) is 23.6 Å². The summed E-state index contributed by atoms with van der Waals surface area (Å²) in [5.41, 5.74) is 8.10. The molecule has 3 aromatic carbocycles. The summed E-state index contributed by atoms with van der Waals surface area (Å²) >= 11 is 1.27. The average Bonchev–Trinajstić information content (AvgIpc) is 3.35. The summed E-state index contributed by atoms with van der Waals surface area (Å²) in [6.07, 6.45) is -0.143. The Bertz CT molecular complexity index is 1230. The highest BCUT2D eigenvalue weighted by Crippen LogP contribution is 2.34. The number of nitrogens with zero attached hydrogens (tertiary/aromatic N) is 1. The highest BCUT2D eigenvalue weighted by molar-refractivity contribution is 8.02. The van der Waals surface area contributed by atoms with Gasteiger partial charge in [-0.2, -0.15) is 4.31 Å². The van der Waals surface area contributed by atoms with Gasteiger partial charge in [-0.25, -0.2) is 8.42 Å². The van der Waals surface area contributed by atoms with Crippen molar-refractivity contribution in [2.75, 3.05) is 12.3 Å². The van der Waals surface area contributed by atoms with E-state index in [1.54, 1.807) is 48.5 Å². The normalized spacial score (nSPS) is 17.5. The molecular weight excluding hydrogens is 456 g/mol. The third kappa shape index (κ3) is 5.03. The number of primary amides is 1. The van der Waals surface area contributed by atoms with Crippen LogP contribution in [0, 0.1) is 0 Å². The molecule has 0 saturated carbocycles. The molecule has 1 heterocycles. The van der Waals surface area contributed by atoms with Crippen molar-refractivity contribution in [3.05, 3.63) is 90.5 Å². The Labute approximate surface area is 197 Å². The van der Waals surface area contributed by atoms with E-state index in [4.69, 9.17) is 5.73 Å². The lowest BCUT2D eigenvalue weighted by molar-refractivity contribution is -0.125. The van der Waals surface area contributed by atoms with Crippen LogP contribution in [0.5, 0.6) is 0 Å². The molecule has 1 amide bonds. The quantitative estimate of drug-likeness (QED) is 0.531. The fraction of sp³-hybridized carbons (Fsp3) is 0.200. The first kappa shape index (κ1) is 23.2. The highest BCUT2D eigenvalue weighted by Gasteiger charge is 2.41. The van der Waals surface area contributed by atoms with Crippen LogP contribution < -0.4 is 5.73 Å². The minimum atomic E-state index is -3.88. The average molecular weight is 481 g/mol. The maximum atomic E-state index is 13.4. The predicted octanol–water partition coefficient (Wildman–Crippen LogP) is 3.65. The van der Waals surface area contributed by atoms with Gasteiger partial charge in [-0.3, -0.25) is 9.59 Å². The van der Waals surface area contributed by atoms with Gasteiger partial charge in [0.15, 0.2) is 5.78 Å². The fourth-order valence-electron chi connectivity index (χ4n) is 3.91. The Kier molecular flexibility index (Phi) is 6.97. The zero-order chi connectivity index (χ0) is 23.4. The van der Waals surface area contributed by atoms with Crippen LogP contribution >= 0.6 is 11.8 Å². The van der Waals surface area contributed by atoms with Crippen molar-refractivity contribution in [1.29, 1.82) is 0 Å². The number of Topliss-reactive ketones (excluding diaryl/α,β-unsaturated/α-hetero) is 1. The summed E-state index contributed by atoms with van der Waals surface area (Å²) in [4.78, 5) is 25.3. The van der Waals surface area contributed by atoms with Crippen LogP contribution in [0.2, 0.25) is 0 Å². The third-order valence-corrected chi connectivity index (χ3v) is 8.91. The van der Waals surface area contributed by atoms with Gasteiger partial charge in [0.05, 0.1) is 10.8 Å². The van der Waals surface area contributed by atoms with Crippen molar-refractivity contribution in [3.8, 4) is 11.1 Å². The van der Waals surface area contributed by atoms with E-state index in [9.17, 15) is 18.0 Å². The number of ketones is 1. The number of amides is 1. The molecule has 6 nitrogen and oxygen atoms in total. The minimum absolute atomic E-state index is 0.136. The van der Waals surface area contributed by atoms with Crippen molar-refractivity contribution in [3.63, 3.8) is 0 Å². The van der Waals surface area contributed by atoms with E-state index in [2.05, 4.69) is 0 Å². The molecule has 0 spiro atoms. The zero-order valence-corrected chi connectivity index (χ0v) is 19.5. The monoisotopic (exact) mass is 480 g/mol. The molecule has 0 aliphatic carbocycles. The lowest BCUT2D eigenvalue weighted by atomic mass is 9.93. The van der Waals surface area contributed by atoms with Crippen molar-refractivity contribution < 1.29 is 18.0 Å². The van der Waals surface area contributed by atoms with E-state index in [1.165, 1.54) is 16.1 Å². The standard InChI is InChI=1S/C25H24N2O4S2/c26-24(29)22(20-9-5-2-6-10-20)17-23(28)25-27(15-16-32-25)33(30,31)21-13-11-19(12-14-21)18-7-3-1-4-8-18/h1-14,22,25H,15-17H2,(H2,26,29). The van der Waals surface area contributed by atoms with Gasteiger partial charge >= 0.3 is 0 Å². The topological polar surface area (TPSA) is 97.5 Å².